The number of piperidine rings is 1. The molecule has 0 amide bonds. The van der Waals surface area contributed by atoms with E-state index in [1.165, 1.54) is 5.56 Å². The third-order valence-electron chi connectivity index (χ3n) is 7.22. The summed E-state index contributed by atoms with van der Waals surface area (Å²) in [6.07, 6.45) is 9.89. The molecule has 3 unspecified atom stereocenters. The molecule has 1 saturated heterocycles. The van der Waals surface area contributed by atoms with Gasteiger partial charge in [-0.1, -0.05) is 6.07 Å². The Labute approximate surface area is 206 Å². The van der Waals surface area contributed by atoms with Gasteiger partial charge in [0.25, 0.3) is 0 Å². The number of nitrogens with zero attached hydrogens (tertiary/aromatic N) is 3. The number of unbranched alkanes of at least 4 members (excludes halogenated alkanes) is 1. The van der Waals surface area contributed by atoms with E-state index in [1.54, 1.807) is 19.5 Å². The molecule has 3 heterocycles. The van der Waals surface area contributed by atoms with E-state index in [9.17, 15) is 15.0 Å². The van der Waals surface area contributed by atoms with Gasteiger partial charge in [0.2, 0.25) is 0 Å². The number of aryl methyl sites for hydroxylation is 1. The number of benzene rings is 1. The van der Waals surface area contributed by atoms with Crippen LogP contribution in [0.5, 0.6) is 5.75 Å². The lowest BCUT2D eigenvalue weighted by atomic mass is 9.81. The predicted octanol–water partition coefficient (Wildman–Crippen LogP) is 4.50. The van der Waals surface area contributed by atoms with E-state index < -0.39 is 18.0 Å². The quantitative estimate of drug-likeness (QED) is 0.393. The highest BCUT2D eigenvalue weighted by molar-refractivity contribution is 5.83. The fraction of sp³-hybridized carbons (Fsp3) is 0.464. The Hall–Kier alpha value is -3.03. The van der Waals surface area contributed by atoms with Gasteiger partial charge in [-0.05, 0) is 99.0 Å². The van der Waals surface area contributed by atoms with Gasteiger partial charge >= 0.3 is 5.97 Å². The Bertz CT molecular complexity index is 1110. The highest BCUT2D eigenvalue weighted by Gasteiger charge is 2.34. The van der Waals surface area contributed by atoms with Gasteiger partial charge in [-0.15, -0.1) is 0 Å². The fourth-order valence-corrected chi connectivity index (χ4v) is 5.20. The van der Waals surface area contributed by atoms with Crippen LogP contribution in [0, 0.1) is 11.8 Å². The Morgan fingerprint density at radius 1 is 1.23 bits per heavy atom. The van der Waals surface area contributed by atoms with E-state index >= 15 is 0 Å². The van der Waals surface area contributed by atoms with Crippen LogP contribution in [0.3, 0.4) is 0 Å². The summed E-state index contributed by atoms with van der Waals surface area (Å²) in [6.45, 7) is 2.41. The van der Waals surface area contributed by atoms with E-state index in [0.29, 0.717) is 19.4 Å². The summed E-state index contributed by atoms with van der Waals surface area (Å²) in [4.78, 5) is 22.9. The number of aliphatic hydroxyl groups is 1. The van der Waals surface area contributed by atoms with Gasteiger partial charge in [0, 0.05) is 30.5 Å². The average Bonchev–Trinajstić information content (AvgIpc) is 2.89. The SMILES string of the molecule is COc1ccc2nccc(C(O)CCC3CCN(CCCCc4cccnc4)CC3C(=O)O)c2c1. The van der Waals surface area contributed by atoms with Crippen molar-refractivity contribution in [3.05, 3.63) is 66.1 Å². The first-order valence-electron chi connectivity index (χ1n) is 12.5. The molecule has 0 radical (unpaired) electrons. The number of aliphatic hydroxyl groups excluding tert-OH is 1. The minimum absolute atomic E-state index is 0.0661. The van der Waals surface area contributed by atoms with Crippen LogP contribution in [-0.4, -0.2) is 57.8 Å². The predicted molar refractivity (Wildman–Crippen MR) is 135 cm³/mol. The molecule has 0 saturated carbocycles. The van der Waals surface area contributed by atoms with Gasteiger partial charge in [-0.3, -0.25) is 14.8 Å². The lowest BCUT2D eigenvalue weighted by Gasteiger charge is -2.37. The Morgan fingerprint density at radius 3 is 2.89 bits per heavy atom. The number of ether oxygens (including phenoxy) is 1. The van der Waals surface area contributed by atoms with Crippen LogP contribution in [0.4, 0.5) is 0 Å². The van der Waals surface area contributed by atoms with Crippen LogP contribution >= 0.6 is 0 Å². The van der Waals surface area contributed by atoms with Crippen LogP contribution in [0.1, 0.15) is 49.3 Å². The fourth-order valence-electron chi connectivity index (χ4n) is 5.20. The summed E-state index contributed by atoms with van der Waals surface area (Å²) >= 11 is 0. The molecule has 7 heteroatoms. The van der Waals surface area contributed by atoms with Gasteiger partial charge in [0.15, 0.2) is 0 Å². The summed E-state index contributed by atoms with van der Waals surface area (Å²) in [5, 5.41) is 21.8. The van der Waals surface area contributed by atoms with Crippen LogP contribution in [0.2, 0.25) is 0 Å². The first kappa shape index (κ1) is 25.1. The van der Waals surface area contributed by atoms with Crippen molar-refractivity contribution < 1.29 is 19.7 Å². The van der Waals surface area contributed by atoms with Crippen molar-refractivity contribution in [2.75, 3.05) is 26.7 Å². The molecule has 7 nitrogen and oxygen atoms in total. The summed E-state index contributed by atoms with van der Waals surface area (Å²) in [7, 11) is 1.62. The van der Waals surface area contributed by atoms with Crippen molar-refractivity contribution in [3.8, 4) is 5.75 Å². The minimum atomic E-state index is -0.733. The second-order valence-electron chi connectivity index (χ2n) is 9.49. The van der Waals surface area contributed by atoms with Crippen LogP contribution in [0.25, 0.3) is 10.9 Å². The Kier molecular flexibility index (Phi) is 8.66. The van der Waals surface area contributed by atoms with Crippen LogP contribution in [-0.2, 0) is 11.2 Å². The lowest BCUT2D eigenvalue weighted by molar-refractivity contribution is -0.146. The number of rotatable bonds is 11. The molecular weight excluding hydrogens is 442 g/mol. The summed E-state index contributed by atoms with van der Waals surface area (Å²) in [5.41, 5.74) is 2.86. The van der Waals surface area contributed by atoms with E-state index in [-0.39, 0.29) is 5.92 Å². The zero-order valence-corrected chi connectivity index (χ0v) is 20.3. The van der Waals surface area contributed by atoms with Gasteiger partial charge < -0.3 is 19.8 Å². The van der Waals surface area contributed by atoms with Crippen molar-refractivity contribution in [2.24, 2.45) is 11.8 Å². The highest BCUT2D eigenvalue weighted by Crippen LogP contribution is 2.33. The van der Waals surface area contributed by atoms with Crippen LogP contribution in [0.15, 0.2) is 55.0 Å². The molecule has 2 N–H and O–H groups in total. The van der Waals surface area contributed by atoms with Gasteiger partial charge in [-0.25, -0.2) is 0 Å². The summed E-state index contributed by atoms with van der Waals surface area (Å²) in [5.74, 6) is -0.346. The van der Waals surface area contributed by atoms with Crippen molar-refractivity contribution in [2.45, 2.75) is 44.6 Å². The van der Waals surface area contributed by atoms with Crippen molar-refractivity contribution >= 4 is 16.9 Å². The molecule has 186 valence electrons. The number of aromatic nitrogens is 2. The van der Waals surface area contributed by atoms with Gasteiger partial charge in [-0.2, -0.15) is 0 Å². The number of aliphatic carboxylic acids is 1. The molecule has 1 fully saturated rings. The maximum Gasteiger partial charge on any atom is 0.308 e. The summed E-state index contributed by atoms with van der Waals surface area (Å²) < 4.78 is 5.34. The van der Waals surface area contributed by atoms with Gasteiger partial charge in [0.1, 0.15) is 5.75 Å². The number of carboxylic acids is 1. The number of carbonyl (C=O) groups is 1. The zero-order valence-electron chi connectivity index (χ0n) is 20.3. The normalized spacial score (nSPS) is 19.5. The Morgan fingerprint density at radius 2 is 2.11 bits per heavy atom. The molecule has 0 spiro atoms. The molecule has 3 atom stereocenters. The minimum Gasteiger partial charge on any atom is -0.497 e. The number of likely N-dealkylation sites (tertiary alicyclic amines) is 1. The Balaban J connectivity index is 1.30. The molecule has 3 aromatic rings. The lowest BCUT2D eigenvalue weighted by Crippen LogP contribution is -2.44. The van der Waals surface area contributed by atoms with E-state index in [4.69, 9.17) is 4.74 Å². The largest absolute Gasteiger partial charge is 0.497 e. The van der Waals surface area contributed by atoms with Crippen molar-refractivity contribution in [1.82, 2.24) is 14.9 Å². The second kappa shape index (κ2) is 12.1. The first-order valence-corrected chi connectivity index (χ1v) is 12.5. The molecule has 1 aromatic carbocycles. The average molecular weight is 478 g/mol. The number of hydrogen-bond acceptors (Lipinski definition) is 6. The molecule has 1 aliphatic rings. The maximum atomic E-state index is 12.1. The molecule has 35 heavy (non-hydrogen) atoms. The van der Waals surface area contributed by atoms with Crippen molar-refractivity contribution in [3.63, 3.8) is 0 Å². The van der Waals surface area contributed by atoms with E-state index in [1.807, 2.05) is 36.5 Å². The molecule has 4 rings (SSSR count). The smallest absolute Gasteiger partial charge is 0.308 e. The number of hydrogen-bond donors (Lipinski definition) is 2. The monoisotopic (exact) mass is 477 g/mol. The molecule has 0 bridgehead atoms. The summed E-state index contributed by atoms with van der Waals surface area (Å²) in [6, 6.07) is 11.5. The molecule has 1 aliphatic heterocycles. The zero-order chi connectivity index (χ0) is 24.6. The van der Waals surface area contributed by atoms with E-state index in [0.717, 1.165) is 61.0 Å². The van der Waals surface area contributed by atoms with Gasteiger partial charge in [0.05, 0.1) is 24.6 Å². The van der Waals surface area contributed by atoms with Crippen molar-refractivity contribution in [1.29, 1.82) is 0 Å². The van der Waals surface area contributed by atoms with Crippen LogP contribution < -0.4 is 4.74 Å². The third kappa shape index (κ3) is 6.55. The highest BCUT2D eigenvalue weighted by atomic mass is 16.5. The molecule has 0 aliphatic carbocycles. The second-order valence-corrected chi connectivity index (χ2v) is 9.49. The molecular formula is C28H35N3O4. The van der Waals surface area contributed by atoms with E-state index in [2.05, 4.69) is 20.9 Å². The standard InChI is InChI=1S/C28H35N3O4/c1-35-22-8-9-26-24(17-22)23(11-14-30-26)27(32)10-7-21-12-16-31(19-25(21)28(33)34)15-3-2-5-20-6-4-13-29-18-20/h4,6,8-9,11,13-14,17-18,21,25,27,32H,2-3,5,7,10,12,15-16,19H2,1H3,(H,33,34). The topological polar surface area (TPSA) is 95.8 Å². The maximum absolute atomic E-state index is 12.1. The number of pyridine rings is 2. The number of methoxy groups -OCH3 is 1. The number of fused-ring (bicyclic) bond motifs is 1. The third-order valence-corrected chi connectivity index (χ3v) is 7.22. The first-order chi connectivity index (χ1) is 17.0. The molecule has 2 aromatic heterocycles. The number of carboxylic acid groups (broad SMARTS) is 1.